The molecule has 1 saturated carbocycles. The molecule has 2 aromatic carbocycles. The molecule has 1 fully saturated rings. The van der Waals surface area contributed by atoms with Gasteiger partial charge < -0.3 is 10.1 Å². The zero-order valence-electron chi connectivity index (χ0n) is 17.5. The molecule has 1 aromatic heterocycles. The first-order valence-corrected chi connectivity index (χ1v) is 10.4. The maximum absolute atomic E-state index is 12.9. The number of anilines is 1. The third-order valence-electron chi connectivity index (χ3n) is 5.60. The van der Waals surface area contributed by atoms with Gasteiger partial charge in [0.05, 0.1) is 18.4 Å². The Bertz CT molecular complexity index is 1070. The molecule has 1 N–H and O–H groups in total. The van der Waals surface area contributed by atoms with E-state index in [2.05, 4.69) is 15.4 Å². The molecule has 1 amide bonds. The normalized spacial score (nSPS) is 14.9. The number of carbonyl (C=O) groups excluding carboxylic acids is 1. The molecule has 32 heavy (non-hydrogen) atoms. The van der Waals surface area contributed by atoms with Crippen LogP contribution in [-0.2, 0) is 11.0 Å². The van der Waals surface area contributed by atoms with Gasteiger partial charge in [-0.3, -0.25) is 4.79 Å². The van der Waals surface area contributed by atoms with Crippen molar-refractivity contribution in [2.75, 3.05) is 12.4 Å². The summed E-state index contributed by atoms with van der Waals surface area (Å²) in [5, 5.41) is 7.24. The number of carbonyl (C=O) groups is 1. The van der Waals surface area contributed by atoms with Crippen LogP contribution in [0.2, 0.25) is 0 Å². The Kier molecular flexibility index (Phi) is 6.16. The number of amides is 1. The highest BCUT2D eigenvalue weighted by atomic mass is 19.4. The van der Waals surface area contributed by atoms with Crippen LogP contribution in [0.15, 0.2) is 48.5 Å². The number of aromatic nitrogens is 3. The summed E-state index contributed by atoms with van der Waals surface area (Å²) < 4.78 is 45.3. The molecular weight excluding hydrogens is 421 g/mol. The van der Waals surface area contributed by atoms with E-state index in [1.54, 1.807) is 24.3 Å². The molecule has 9 heteroatoms. The van der Waals surface area contributed by atoms with Gasteiger partial charge >= 0.3 is 12.2 Å². The Morgan fingerprint density at radius 2 is 1.69 bits per heavy atom. The van der Waals surface area contributed by atoms with Crippen molar-refractivity contribution in [3.05, 3.63) is 54.1 Å². The van der Waals surface area contributed by atoms with Crippen molar-refractivity contribution in [3.8, 4) is 23.1 Å². The first-order valence-electron chi connectivity index (χ1n) is 10.4. The second-order valence-electron chi connectivity index (χ2n) is 7.78. The number of halogens is 3. The van der Waals surface area contributed by atoms with Crippen LogP contribution in [0, 0.1) is 5.92 Å². The number of nitrogens with zero attached hydrogens (tertiary/aromatic N) is 3. The Morgan fingerprint density at radius 3 is 2.28 bits per heavy atom. The van der Waals surface area contributed by atoms with Crippen LogP contribution in [0.4, 0.5) is 18.9 Å². The SMILES string of the molecule is COc1nc(-c2ccc(C(F)(F)F)cc2)n(-c2ccc(NC(=O)C3CCCCC3)cc2)n1. The lowest BCUT2D eigenvalue weighted by atomic mass is 9.88. The van der Waals surface area contributed by atoms with Gasteiger partial charge in [0.1, 0.15) is 0 Å². The van der Waals surface area contributed by atoms with Gasteiger partial charge in [-0.25, -0.2) is 4.68 Å². The van der Waals surface area contributed by atoms with Crippen LogP contribution in [-0.4, -0.2) is 27.8 Å². The van der Waals surface area contributed by atoms with Crippen molar-refractivity contribution in [2.45, 2.75) is 38.3 Å². The number of nitrogens with one attached hydrogen (secondary N) is 1. The fourth-order valence-electron chi connectivity index (χ4n) is 3.85. The van der Waals surface area contributed by atoms with Crippen molar-refractivity contribution >= 4 is 11.6 Å². The maximum atomic E-state index is 12.9. The number of rotatable bonds is 5. The predicted molar refractivity (Wildman–Crippen MR) is 114 cm³/mol. The molecule has 0 unspecified atom stereocenters. The summed E-state index contributed by atoms with van der Waals surface area (Å²) in [7, 11) is 1.42. The van der Waals surface area contributed by atoms with Crippen LogP contribution in [0.3, 0.4) is 0 Å². The molecule has 1 aliphatic carbocycles. The number of ether oxygens (including phenoxy) is 1. The number of methoxy groups -OCH3 is 1. The third-order valence-corrected chi connectivity index (χ3v) is 5.60. The maximum Gasteiger partial charge on any atom is 0.416 e. The van der Waals surface area contributed by atoms with E-state index < -0.39 is 11.7 Å². The van der Waals surface area contributed by atoms with Crippen molar-refractivity contribution in [2.24, 2.45) is 5.92 Å². The second-order valence-corrected chi connectivity index (χ2v) is 7.78. The largest absolute Gasteiger partial charge is 0.466 e. The van der Waals surface area contributed by atoms with E-state index in [9.17, 15) is 18.0 Å². The van der Waals surface area contributed by atoms with Gasteiger partial charge in [0, 0.05) is 17.2 Å². The average Bonchev–Trinajstić information content (AvgIpc) is 3.24. The predicted octanol–water partition coefficient (Wildman–Crippen LogP) is 5.48. The van der Waals surface area contributed by atoms with Crippen LogP contribution in [0.1, 0.15) is 37.7 Å². The number of benzene rings is 2. The zero-order valence-corrected chi connectivity index (χ0v) is 17.5. The molecule has 6 nitrogen and oxygen atoms in total. The summed E-state index contributed by atoms with van der Waals surface area (Å²) in [6, 6.07) is 11.9. The fraction of sp³-hybridized carbons (Fsp3) is 0.348. The molecule has 168 valence electrons. The summed E-state index contributed by atoms with van der Waals surface area (Å²) >= 11 is 0. The molecule has 0 spiro atoms. The molecule has 1 heterocycles. The number of hydrogen-bond acceptors (Lipinski definition) is 4. The molecule has 0 atom stereocenters. The van der Waals surface area contributed by atoms with E-state index in [1.807, 2.05) is 0 Å². The van der Waals surface area contributed by atoms with Gasteiger partial charge in [-0.05, 0) is 49.2 Å². The fourth-order valence-corrected chi connectivity index (χ4v) is 3.85. The minimum atomic E-state index is -4.41. The van der Waals surface area contributed by atoms with Crippen molar-refractivity contribution in [1.82, 2.24) is 14.8 Å². The van der Waals surface area contributed by atoms with Crippen LogP contribution in [0.5, 0.6) is 6.01 Å². The Balaban J connectivity index is 1.57. The summed E-state index contributed by atoms with van der Waals surface area (Å²) in [5.74, 6) is 0.425. The molecule has 0 bridgehead atoms. The lowest BCUT2D eigenvalue weighted by Crippen LogP contribution is -2.24. The van der Waals surface area contributed by atoms with Gasteiger partial charge in [-0.15, -0.1) is 5.10 Å². The van der Waals surface area contributed by atoms with Crippen molar-refractivity contribution < 1.29 is 22.7 Å². The third kappa shape index (κ3) is 4.76. The standard InChI is InChI=1S/C23H23F3N4O2/c1-32-22-28-20(15-7-9-17(10-8-15)23(24,25)26)30(29-22)19-13-11-18(12-14-19)27-21(31)16-5-3-2-4-6-16/h7-14,16H,2-6H2,1H3,(H,27,31). The van der Waals surface area contributed by atoms with E-state index in [4.69, 9.17) is 4.74 Å². The van der Waals surface area contributed by atoms with Crippen molar-refractivity contribution in [3.63, 3.8) is 0 Å². The number of alkyl halides is 3. The van der Waals surface area contributed by atoms with E-state index in [1.165, 1.54) is 30.3 Å². The van der Waals surface area contributed by atoms with Gasteiger partial charge in [-0.1, -0.05) is 31.4 Å². The zero-order chi connectivity index (χ0) is 22.7. The molecule has 4 rings (SSSR count). The monoisotopic (exact) mass is 444 g/mol. The highest BCUT2D eigenvalue weighted by molar-refractivity contribution is 5.92. The second kappa shape index (κ2) is 9.02. The molecule has 0 radical (unpaired) electrons. The number of hydrogen-bond donors (Lipinski definition) is 1. The smallest absolute Gasteiger partial charge is 0.416 e. The van der Waals surface area contributed by atoms with Crippen LogP contribution < -0.4 is 10.1 Å². The van der Waals surface area contributed by atoms with Gasteiger partial charge in [0.15, 0.2) is 5.82 Å². The van der Waals surface area contributed by atoms with E-state index in [-0.39, 0.29) is 17.8 Å². The van der Waals surface area contributed by atoms with Gasteiger partial charge in [0.2, 0.25) is 5.91 Å². The lowest BCUT2D eigenvalue weighted by Gasteiger charge is -2.20. The summed E-state index contributed by atoms with van der Waals surface area (Å²) in [5.41, 5.74) is 1.03. The lowest BCUT2D eigenvalue weighted by molar-refractivity contribution is -0.137. The van der Waals surface area contributed by atoms with E-state index >= 15 is 0 Å². The summed E-state index contributed by atoms with van der Waals surface area (Å²) in [6.07, 6.45) is 0.761. The molecular formula is C23H23F3N4O2. The first-order chi connectivity index (χ1) is 15.3. The van der Waals surface area contributed by atoms with E-state index in [0.29, 0.717) is 22.8 Å². The summed E-state index contributed by atoms with van der Waals surface area (Å²) in [6.45, 7) is 0. The van der Waals surface area contributed by atoms with E-state index in [0.717, 1.165) is 37.8 Å². The molecule has 0 saturated heterocycles. The molecule has 3 aromatic rings. The minimum absolute atomic E-state index is 0.0327. The highest BCUT2D eigenvalue weighted by Crippen LogP contribution is 2.32. The van der Waals surface area contributed by atoms with Crippen LogP contribution in [0.25, 0.3) is 17.1 Å². The quantitative estimate of drug-likeness (QED) is 0.566. The molecule has 1 aliphatic rings. The Labute approximate surface area is 183 Å². The minimum Gasteiger partial charge on any atom is -0.466 e. The first kappa shape index (κ1) is 21.9. The highest BCUT2D eigenvalue weighted by Gasteiger charge is 2.30. The Morgan fingerprint density at radius 1 is 1.03 bits per heavy atom. The average molecular weight is 444 g/mol. The van der Waals surface area contributed by atoms with Gasteiger partial charge in [0.25, 0.3) is 0 Å². The molecule has 0 aliphatic heterocycles. The Hall–Kier alpha value is -3.36. The topological polar surface area (TPSA) is 69.0 Å². The van der Waals surface area contributed by atoms with Crippen molar-refractivity contribution in [1.29, 1.82) is 0 Å². The van der Waals surface area contributed by atoms with Gasteiger partial charge in [-0.2, -0.15) is 18.2 Å². The summed E-state index contributed by atoms with van der Waals surface area (Å²) in [4.78, 5) is 16.7. The van der Waals surface area contributed by atoms with Crippen LogP contribution >= 0.6 is 0 Å².